The van der Waals surface area contributed by atoms with Gasteiger partial charge in [-0.2, -0.15) is 0 Å². The molecule has 0 fully saturated rings. The van der Waals surface area contributed by atoms with Crippen LogP contribution in [0.4, 0.5) is 8.78 Å². The molecule has 0 amide bonds. The lowest BCUT2D eigenvalue weighted by Crippen LogP contribution is -2.20. The number of halogens is 2. The molecule has 0 radical (unpaired) electrons. The normalized spacial score (nSPS) is 12.4. The van der Waals surface area contributed by atoms with Crippen LogP contribution in [0.25, 0.3) is 0 Å². The Kier molecular flexibility index (Phi) is 4.51. The highest BCUT2D eigenvalue weighted by atomic mass is 19.3. The number of hydrogen-bond acceptors (Lipinski definition) is 4. The van der Waals surface area contributed by atoms with Gasteiger partial charge in [-0.15, -0.1) is 0 Å². The molecule has 0 saturated carbocycles. The number of ether oxygens (including phenoxy) is 3. The third-order valence-electron chi connectivity index (χ3n) is 2.37. The van der Waals surface area contributed by atoms with Crippen molar-refractivity contribution in [3.8, 4) is 17.2 Å². The molecule has 1 rings (SSSR count). The van der Waals surface area contributed by atoms with Gasteiger partial charge >= 0.3 is 0 Å². The number of alkyl halides is 2. The molecular formula is C11H15F2NO3. The van der Waals surface area contributed by atoms with Gasteiger partial charge < -0.3 is 19.9 Å². The summed E-state index contributed by atoms with van der Waals surface area (Å²) in [6, 6.07) is 1.53. The van der Waals surface area contributed by atoms with E-state index in [2.05, 4.69) is 0 Å². The monoisotopic (exact) mass is 247 g/mol. The second kappa shape index (κ2) is 5.67. The maximum Gasteiger partial charge on any atom is 0.257 e. The van der Waals surface area contributed by atoms with E-state index in [0.717, 1.165) is 0 Å². The summed E-state index contributed by atoms with van der Waals surface area (Å²) in [5.41, 5.74) is 5.58. The molecule has 0 bridgehead atoms. The van der Waals surface area contributed by atoms with E-state index in [9.17, 15) is 8.78 Å². The number of hydrogen-bond donors (Lipinski definition) is 1. The molecular weight excluding hydrogens is 232 g/mol. The minimum atomic E-state index is -2.68. The Hall–Kier alpha value is -1.56. The van der Waals surface area contributed by atoms with Crippen molar-refractivity contribution < 1.29 is 23.0 Å². The minimum Gasteiger partial charge on any atom is -0.493 e. The van der Waals surface area contributed by atoms with Gasteiger partial charge in [0.05, 0.1) is 27.4 Å². The van der Waals surface area contributed by atoms with Crippen LogP contribution in [0.3, 0.4) is 0 Å². The van der Waals surface area contributed by atoms with Crippen molar-refractivity contribution in [3.05, 3.63) is 17.7 Å². The quantitative estimate of drug-likeness (QED) is 0.864. The van der Waals surface area contributed by atoms with Crippen LogP contribution in [-0.2, 0) is 0 Å². The SMILES string of the molecule is COc1ccc([C@H](N)C(F)F)c(OC)c1OC. The lowest BCUT2D eigenvalue weighted by atomic mass is 10.1. The highest BCUT2D eigenvalue weighted by Crippen LogP contribution is 2.42. The van der Waals surface area contributed by atoms with Crippen molar-refractivity contribution in [1.82, 2.24) is 0 Å². The predicted octanol–water partition coefficient (Wildman–Crippen LogP) is 1.98. The maximum atomic E-state index is 12.6. The molecule has 2 N–H and O–H groups in total. The molecule has 0 aromatic heterocycles. The Balaban J connectivity index is 3.32. The van der Waals surface area contributed by atoms with E-state index >= 15 is 0 Å². The summed E-state index contributed by atoms with van der Waals surface area (Å²) in [7, 11) is 4.21. The Morgan fingerprint density at radius 1 is 1.00 bits per heavy atom. The number of nitrogens with two attached hydrogens (primary N) is 1. The molecule has 0 aliphatic heterocycles. The molecule has 0 unspecified atom stereocenters. The third-order valence-corrected chi connectivity index (χ3v) is 2.37. The summed E-state index contributed by atoms with van der Waals surface area (Å²) in [5.74, 6) is 0.817. The van der Waals surface area contributed by atoms with Crippen molar-refractivity contribution in [3.63, 3.8) is 0 Å². The second-order valence-electron chi connectivity index (χ2n) is 3.28. The second-order valence-corrected chi connectivity index (χ2v) is 3.28. The summed E-state index contributed by atoms with van der Waals surface area (Å²) in [6.07, 6.45) is -2.68. The fraction of sp³-hybridized carbons (Fsp3) is 0.455. The first kappa shape index (κ1) is 13.5. The summed E-state index contributed by atoms with van der Waals surface area (Å²) >= 11 is 0. The molecule has 96 valence electrons. The standard InChI is InChI=1S/C11H15F2NO3/c1-15-7-5-4-6(8(14)11(12)13)9(16-2)10(7)17-3/h4-5,8,11H,14H2,1-3H3/t8-/m0/s1. The average molecular weight is 247 g/mol. The zero-order valence-corrected chi connectivity index (χ0v) is 9.87. The summed E-state index contributed by atoms with van der Waals surface area (Å²) < 4.78 is 40.4. The predicted molar refractivity (Wildman–Crippen MR) is 59.0 cm³/mol. The molecule has 0 spiro atoms. The van der Waals surface area contributed by atoms with E-state index in [0.29, 0.717) is 5.75 Å². The van der Waals surface area contributed by atoms with Gasteiger partial charge in [-0.1, -0.05) is 0 Å². The molecule has 1 aromatic carbocycles. The van der Waals surface area contributed by atoms with Crippen molar-refractivity contribution >= 4 is 0 Å². The van der Waals surface area contributed by atoms with Gasteiger partial charge in [-0.3, -0.25) is 0 Å². The van der Waals surface area contributed by atoms with Gasteiger partial charge in [0.15, 0.2) is 11.5 Å². The topological polar surface area (TPSA) is 53.7 Å². The Morgan fingerprint density at radius 2 is 1.59 bits per heavy atom. The molecule has 0 heterocycles. The van der Waals surface area contributed by atoms with E-state index in [1.165, 1.54) is 33.5 Å². The van der Waals surface area contributed by atoms with Crippen molar-refractivity contribution in [1.29, 1.82) is 0 Å². The fourth-order valence-electron chi connectivity index (χ4n) is 1.52. The van der Waals surface area contributed by atoms with Crippen LogP contribution in [0.5, 0.6) is 17.2 Å². The minimum absolute atomic E-state index is 0.166. The Bertz CT molecular complexity index is 385. The molecule has 1 aromatic rings. The lowest BCUT2D eigenvalue weighted by molar-refractivity contribution is 0.115. The highest BCUT2D eigenvalue weighted by Gasteiger charge is 2.25. The van der Waals surface area contributed by atoms with Gasteiger partial charge in [0.25, 0.3) is 6.43 Å². The first-order chi connectivity index (χ1) is 8.06. The zero-order valence-electron chi connectivity index (χ0n) is 9.87. The molecule has 6 heteroatoms. The molecule has 1 atom stereocenters. The fourth-order valence-corrected chi connectivity index (χ4v) is 1.52. The summed E-state index contributed by atoms with van der Waals surface area (Å²) in [5, 5.41) is 0. The van der Waals surface area contributed by atoms with Gasteiger partial charge in [-0.25, -0.2) is 8.78 Å². The van der Waals surface area contributed by atoms with Crippen LogP contribution in [0.15, 0.2) is 12.1 Å². The molecule has 0 saturated heterocycles. The zero-order chi connectivity index (χ0) is 13.0. The number of rotatable bonds is 5. The van der Waals surface area contributed by atoms with E-state index < -0.39 is 12.5 Å². The van der Waals surface area contributed by atoms with Crippen LogP contribution < -0.4 is 19.9 Å². The molecule has 4 nitrogen and oxygen atoms in total. The van der Waals surface area contributed by atoms with E-state index in [4.69, 9.17) is 19.9 Å². The largest absolute Gasteiger partial charge is 0.493 e. The van der Waals surface area contributed by atoms with Crippen LogP contribution in [0, 0.1) is 0 Å². The van der Waals surface area contributed by atoms with Crippen LogP contribution >= 0.6 is 0 Å². The average Bonchev–Trinajstić information content (AvgIpc) is 2.35. The Labute approximate surface area is 98.3 Å². The maximum absolute atomic E-state index is 12.6. The number of benzene rings is 1. The van der Waals surface area contributed by atoms with Gasteiger partial charge in [0.1, 0.15) is 0 Å². The Morgan fingerprint density at radius 3 is 2.00 bits per heavy atom. The first-order valence-electron chi connectivity index (χ1n) is 4.89. The summed E-state index contributed by atoms with van der Waals surface area (Å²) in [6.45, 7) is 0. The molecule has 0 aliphatic rings. The van der Waals surface area contributed by atoms with E-state index in [-0.39, 0.29) is 17.1 Å². The van der Waals surface area contributed by atoms with Crippen molar-refractivity contribution in [2.24, 2.45) is 5.73 Å². The molecule has 0 aliphatic carbocycles. The van der Waals surface area contributed by atoms with Crippen molar-refractivity contribution in [2.75, 3.05) is 21.3 Å². The third kappa shape index (κ3) is 2.58. The van der Waals surface area contributed by atoms with Gasteiger partial charge in [-0.05, 0) is 12.1 Å². The van der Waals surface area contributed by atoms with Crippen LogP contribution in [0.1, 0.15) is 11.6 Å². The highest BCUT2D eigenvalue weighted by molar-refractivity contribution is 5.56. The van der Waals surface area contributed by atoms with Gasteiger partial charge in [0, 0.05) is 5.56 Å². The van der Waals surface area contributed by atoms with Crippen molar-refractivity contribution in [2.45, 2.75) is 12.5 Å². The van der Waals surface area contributed by atoms with E-state index in [1.54, 1.807) is 0 Å². The number of methoxy groups -OCH3 is 3. The van der Waals surface area contributed by atoms with Gasteiger partial charge in [0.2, 0.25) is 5.75 Å². The molecule has 17 heavy (non-hydrogen) atoms. The lowest BCUT2D eigenvalue weighted by Gasteiger charge is -2.19. The first-order valence-corrected chi connectivity index (χ1v) is 4.89. The van der Waals surface area contributed by atoms with Crippen LogP contribution in [-0.4, -0.2) is 27.8 Å². The summed E-state index contributed by atoms with van der Waals surface area (Å²) in [4.78, 5) is 0. The smallest absolute Gasteiger partial charge is 0.257 e. The van der Waals surface area contributed by atoms with Crippen LogP contribution in [0.2, 0.25) is 0 Å². The van der Waals surface area contributed by atoms with E-state index in [1.807, 2.05) is 0 Å².